The fraction of sp³-hybridized carbons (Fsp3) is 0.273. The van der Waals surface area contributed by atoms with Crippen molar-refractivity contribution in [3.05, 3.63) is 46.5 Å². The molecule has 0 amide bonds. The number of hydrogen-bond acceptors (Lipinski definition) is 1. The van der Waals surface area contributed by atoms with Crippen molar-refractivity contribution in [3.63, 3.8) is 0 Å². The minimum absolute atomic E-state index is 0.508. The lowest BCUT2D eigenvalue weighted by Gasteiger charge is -2.13. The predicted molar refractivity (Wildman–Crippen MR) is 60.9 cm³/mol. The minimum atomic E-state index is -0.616. The van der Waals surface area contributed by atoms with Gasteiger partial charge in [-0.15, -0.1) is 6.58 Å². The lowest BCUT2D eigenvalue weighted by Crippen LogP contribution is -1.98. The molecule has 0 fully saturated rings. The van der Waals surface area contributed by atoms with Crippen molar-refractivity contribution < 1.29 is 5.11 Å². The van der Waals surface area contributed by atoms with Gasteiger partial charge in [-0.3, -0.25) is 0 Å². The predicted octanol–water partition coefficient (Wildman–Crippen LogP) is 3.99. The molecule has 1 nitrogen and oxygen atoms in total. The molecule has 3 heteroatoms. The summed E-state index contributed by atoms with van der Waals surface area (Å²) in [5.41, 5.74) is 0.609. The number of hydrogen-bond donors (Lipinski definition) is 1. The summed E-state index contributed by atoms with van der Waals surface area (Å²) in [7, 11) is 0. The summed E-state index contributed by atoms with van der Waals surface area (Å²) in [5, 5.41) is 10.8. The van der Waals surface area contributed by atoms with Gasteiger partial charge in [0.1, 0.15) is 0 Å². The Hall–Kier alpha value is -0.500. The number of aliphatic hydroxyl groups is 1. The van der Waals surface area contributed by atoms with Crippen molar-refractivity contribution >= 4 is 23.2 Å². The smallest absolute Gasteiger partial charge is 0.0822 e. The van der Waals surface area contributed by atoms with E-state index in [1.165, 1.54) is 0 Å². The van der Waals surface area contributed by atoms with Crippen molar-refractivity contribution in [1.29, 1.82) is 0 Å². The third-order valence-electron chi connectivity index (χ3n) is 1.98. The van der Waals surface area contributed by atoms with Crippen LogP contribution in [0.4, 0.5) is 0 Å². The topological polar surface area (TPSA) is 20.2 Å². The maximum Gasteiger partial charge on any atom is 0.0822 e. The Morgan fingerprint density at radius 2 is 1.93 bits per heavy atom. The van der Waals surface area contributed by atoms with E-state index in [9.17, 15) is 5.11 Å². The van der Waals surface area contributed by atoms with Crippen LogP contribution in [0.3, 0.4) is 0 Å². The van der Waals surface area contributed by atoms with E-state index in [1.807, 2.05) is 0 Å². The average molecular weight is 231 g/mol. The normalized spacial score (nSPS) is 12.5. The molecule has 0 aliphatic carbocycles. The van der Waals surface area contributed by atoms with E-state index in [0.29, 0.717) is 22.0 Å². The Labute approximate surface area is 94.0 Å². The van der Waals surface area contributed by atoms with E-state index in [4.69, 9.17) is 23.2 Å². The van der Waals surface area contributed by atoms with Gasteiger partial charge in [-0.25, -0.2) is 0 Å². The van der Waals surface area contributed by atoms with Gasteiger partial charge in [0, 0.05) is 15.6 Å². The molecule has 0 aliphatic heterocycles. The minimum Gasteiger partial charge on any atom is -0.388 e. The van der Waals surface area contributed by atoms with Crippen molar-refractivity contribution in [2.24, 2.45) is 0 Å². The van der Waals surface area contributed by atoms with Gasteiger partial charge in [-0.2, -0.15) is 0 Å². The van der Waals surface area contributed by atoms with E-state index in [1.54, 1.807) is 24.3 Å². The molecule has 0 radical (unpaired) electrons. The van der Waals surface area contributed by atoms with Gasteiger partial charge in [0.2, 0.25) is 0 Å². The zero-order chi connectivity index (χ0) is 10.6. The standard InChI is InChI=1S/C11H12Cl2O/c1-2-3-7-10(14)11-8(12)5-4-6-9(11)13/h2,4-6,10,14H,1,3,7H2. The molecule has 0 aliphatic rings. The van der Waals surface area contributed by atoms with Crippen LogP contribution in [0.25, 0.3) is 0 Å². The molecule has 0 bridgehead atoms. The molecular formula is C11H12Cl2O. The SMILES string of the molecule is C=CCCC(O)c1c(Cl)cccc1Cl. The highest BCUT2D eigenvalue weighted by Gasteiger charge is 2.13. The molecule has 0 saturated heterocycles. The Balaban J connectivity index is 2.87. The summed E-state index contributed by atoms with van der Waals surface area (Å²) in [6.45, 7) is 3.59. The monoisotopic (exact) mass is 230 g/mol. The number of benzene rings is 1. The van der Waals surface area contributed by atoms with Crippen LogP contribution >= 0.6 is 23.2 Å². The van der Waals surface area contributed by atoms with Gasteiger partial charge in [0.25, 0.3) is 0 Å². The summed E-state index contributed by atoms with van der Waals surface area (Å²) in [4.78, 5) is 0. The first-order valence-electron chi connectivity index (χ1n) is 4.39. The van der Waals surface area contributed by atoms with Crippen LogP contribution in [-0.2, 0) is 0 Å². The summed E-state index contributed by atoms with van der Waals surface area (Å²) in [5.74, 6) is 0. The fourth-order valence-corrected chi connectivity index (χ4v) is 1.90. The highest BCUT2D eigenvalue weighted by Crippen LogP contribution is 2.32. The second-order valence-corrected chi connectivity index (χ2v) is 3.83. The molecule has 1 N–H and O–H groups in total. The lowest BCUT2D eigenvalue weighted by molar-refractivity contribution is 0.169. The van der Waals surface area contributed by atoms with Crippen LogP contribution in [0.1, 0.15) is 24.5 Å². The van der Waals surface area contributed by atoms with Crippen molar-refractivity contribution in [1.82, 2.24) is 0 Å². The Morgan fingerprint density at radius 1 is 1.36 bits per heavy atom. The Morgan fingerprint density at radius 3 is 2.43 bits per heavy atom. The summed E-state index contributed by atoms with van der Waals surface area (Å²) >= 11 is 11.9. The zero-order valence-corrected chi connectivity index (χ0v) is 9.22. The van der Waals surface area contributed by atoms with Crippen LogP contribution in [-0.4, -0.2) is 5.11 Å². The molecule has 1 rings (SSSR count). The van der Waals surface area contributed by atoms with E-state index >= 15 is 0 Å². The molecule has 14 heavy (non-hydrogen) atoms. The molecule has 1 aromatic rings. The molecule has 0 saturated carbocycles. The first-order chi connectivity index (χ1) is 6.66. The van der Waals surface area contributed by atoms with Crippen LogP contribution in [0.2, 0.25) is 10.0 Å². The van der Waals surface area contributed by atoms with Crippen molar-refractivity contribution in [3.8, 4) is 0 Å². The van der Waals surface area contributed by atoms with Crippen molar-refractivity contribution in [2.75, 3.05) is 0 Å². The van der Waals surface area contributed by atoms with E-state index in [2.05, 4.69) is 6.58 Å². The molecule has 1 aromatic carbocycles. The van der Waals surface area contributed by atoms with Gasteiger partial charge >= 0.3 is 0 Å². The van der Waals surface area contributed by atoms with E-state index < -0.39 is 6.10 Å². The molecule has 1 atom stereocenters. The van der Waals surface area contributed by atoms with E-state index in [0.717, 1.165) is 6.42 Å². The first-order valence-corrected chi connectivity index (χ1v) is 5.15. The second-order valence-electron chi connectivity index (χ2n) is 3.02. The number of rotatable bonds is 4. The van der Waals surface area contributed by atoms with Crippen molar-refractivity contribution in [2.45, 2.75) is 18.9 Å². The van der Waals surface area contributed by atoms with Gasteiger partial charge in [-0.05, 0) is 25.0 Å². The van der Waals surface area contributed by atoms with Gasteiger partial charge < -0.3 is 5.11 Å². The van der Waals surface area contributed by atoms with Crippen LogP contribution in [0.5, 0.6) is 0 Å². The zero-order valence-electron chi connectivity index (χ0n) is 7.71. The number of aliphatic hydroxyl groups excluding tert-OH is 1. The number of allylic oxidation sites excluding steroid dienone is 1. The molecule has 0 spiro atoms. The average Bonchev–Trinajstić information content (AvgIpc) is 2.14. The first kappa shape index (κ1) is 11.6. The second kappa shape index (κ2) is 5.40. The van der Waals surface area contributed by atoms with Crippen LogP contribution in [0.15, 0.2) is 30.9 Å². The summed E-state index contributed by atoms with van der Waals surface area (Å²) < 4.78 is 0. The van der Waals surface area contributed by atoms with Crippen LogP contribution < -0.4 is 0 Å². The van der Waals surface area contributed by atoms with Gasteiger partial charge in [0.15, 0.2) is 0 Å². The van der Waals surface area contributed by atoms with Gasteiger partial charge in [-0.1, -0.05) is 35.3 Å². The third kappa shape index (κ3) is 2.74. The molecular weight excluding hydrogens is 219 g/mol. The quantitative estimate of drug-likeness (QED) is 0.776. The van der Waals surface area contributed by atoms with E-state index in [-0.39, 0.29) is 0 Å². The Kier molecular flexibility index (Phi) is 4.46. The largest absolute Gasteiger partial charge is 0.388 e. The maximum absolute atomic E-state index is 9.80. The van der Waals surface area contributed by atoms with Crippen LogP contribution in [0, 0.1) is 0 Å². The number of halogens is 2. The molecule has 76 valence electrons. The third-order valence-corrected chi connectivity index (χ3v) is 2.64. The van der Waals surface area contributed by atoms with Gasteiger partial charge in [0.05, 0.1) is 6.10 Å². The molecule has 1 unspecified atom stereocenters. The highest BCUT2D eigenvalue weighted by molar-refractivity contribution is 6.36. The summed E-state index contributed by atoms with van der Waals surface area (Å²) in [6.07, 6.45) is 2.47. The lowest BCUT2D eigenvalue weighted by atomic mass is 10.0. The molecule has 0 heterocycles. The fourth-order valence-electron chi connectivity index (χ4n) is 1.25. The highest BCUT2D eigenvalue weighted by atomic mass is 35.5. The maximum atomic E-state index is 9.80. The summed E-state index contributed by atoms with van der Waals surface area (Å²) in [6, 6.07) is 5.20. The molecule has 0 aromatic heterocycles. The Bertz CT molecular complexity index is 303.